The van der Waals surface area contributed by atoms with E-state index in [2.05, 4.69) is 29.4 Å². The predicted octanol–water partition coefficient (Wildman–Crippen LogP) is 2.70. The topological polar surface area (TPSA) is 79.9 Å². The molecule has 1 fully saturated rings. The highest BCUT2D eigenvalue weighted by Crippen LogP contribution is 2.20. The molecule has 7 heteroatoms. The Morgan fingerprint density at radius 3 is 2.23 bits per heavy atom. The number of hydrogen-bond donors (Lipinski definition) is 2. The molecular weight excluding hydrogens is 394 g/mol. The maximum absolute atomic E-state index is 13.0. The van der Waals surface area contributed by atoms with Crippen LogP contribution in [0.15, 0.2) is 24.3 Å². The van der Waals surface area contributed by atoms with Crippen molar-refractivity contribution in [3.05, 3.63) is 29.8 Å². The van der Waals surface area contributed by atoms with E-state index in [4.69, 9.17) is 9.47 Å². The zero-order valence-electron chi connectivity index (χ0n) is 19.6. The molecule has 0 aromatic heterocycles. The second-order valence-electron chi connectivity index (χ2n) is 8.46. The minimum atomic E-state index is -0.596. The standard InChI is InChI=1S/C24H39N3O4/c1-6-18(7-2)21(27-12-14-31-15-13-27)16-25-24(29)22(17(3)4)26-23(28)19-8-10-20(30-5)11-9-19/h8-11,17-18,21-22H,6-7,12-16H2,1-5H3,(H,25,29)(H,26,28). The largest absolute Gasteiger partial charge is 0.497 e. The summed E-state index contributed by atoms with van der Waals surface area (Å²) in [4.78, 5) is 28.2. The number of nitrogens with zero attached hydrogens (tertiary/aromatic N) is 1. The number of hydrogen-bond acceptors (Lipinski definition) is 5. The van der Waals surface area contributed by atoms with Crippen LogP contribution in [0.25, 0.3) is 0 Å². The summed E-state index contributed by atoms with van der Waals surface area (Å²) < 4.78 is 10.6. The highest BCUT2D eigenvalue weighted by Gasteiger charge is 2.30. The van der Waals surface area contributed by atoms with Crippen LogP contribution >= 0.6 is 0 Å². The molecular formula is C24H39N3O4. The SMILES string of the molecule is CCC(CC)C(CNC(=O)C(NC(=O)c1ccc(OC)cc1)C(C)C)N1CCOCC1. The summed E-state index contributed by atoms with van der Waals surface area (Å²) in [7, 11) is 1.58. The van der Waals surface area contributed by atoms with E-state index >= 15 is 0 Å². The highest BCUT2D eigenvalue weighted by molar-refractivity contribution is 5.97. The average molecular weight is 434 g/mol. The van der Waals surface area contributed by atoms with E-state index in [1.807, 2.05) is 13.8 Å². The number of methoxy groups -OCH3 is 1. The van der Waals surface area contributed by atoms with Gasteiger partial charge >= 0.3 is 0 Å². The molecule has 0 spiro atoms. The van der Waals surface area contributed by atoms with Gasteiger partial charge in [-0.25, -0.2) is 0 Å². The van der Waals surface area contributed by atoms with Crippen LogP contribution in [0.5, 0.6) is 5.75 Å². The van der Waals surface area contributed by atoms with Crippen LogP contribution in [0.4, 0.5) is 0 Å². The lowest BCUT2D eigenvalue weighted by Crippen LogP contribution is -2.55. The minimum Gasteiger partial charge on any atom is -0.497 e. The summed E-state index contributed by atoms with van der Waals surface area (Å²) >= 11 is 0. The highest BCUT2D eigenvalue weighted by atomic mass is 16.5. The molecule has 2 N–H and O–H groups in total. The normalized spacial score (nSPS) is 16.7. The zero-order chi connectivity index (χ0) is 22.8. The molecule has 1 aromatic rings. The summed E-state index contributed by atoms with van der Waals surface area (Å²) in [5, 5.41) is 6.03. The molecule has 31 heavy (non-hydrogen) atoms. The van der Waals surface area contributed by atoms with Crippen LogP contribution in [0, 0.1) is 11.8 Å². The van der Waals surface area contributed by atoms with E-state index in [1.165, 1.54) is 0 Å². The number of rotatable bonds is 11. The van der Waals surface area contributed by atoms with E-state index in [1.54, 1.807) is 31.4 Å². The molecule has 2 rings (SSSR count). The van der Waals surface area contributed by atoms with Crippen LogP contribution in [-0.4, -0.2) is 68.8 Å². The molecule has 2 amide bonds. The first kappa shape index (κ1) is 25.1. The molecule has 174 valence electrons. The molecule has 2 atom stereocenters. The van der Waals surface area contributed by atoms with Crippen molar-refractivity contribution in [3.63, 3.8) is 0 Å². The van der Waals surface area contributed by atoms with Gasteiger partial charge in [0.25, 0.3) is 5.91 Å². The number of benzene rings is 1. The molecule has 1 heterocycles. The van der Waals surface area contributed by atoms with Gasteiger partial charge in [-0.1, -0.05) is 40.5 Å². The number of amides is 2. The van der Waals surface area contributed by atoms with Crippen molar-refractivity contribution in [3.8, 4) is 5.75 Å². The second-order valence-corrected chi connectivity index (χ2v) is 8.46. The van der Waals surface area contributed by atoms with E-state index in [0.717, 1.165) is 39.1 Å². The zero-order valence-corrected chi connectivity index (χ0v) is 19.6. The van der Waals surface area contributed by atoms with Gasteiger partial charge in [-0.3, -0.25) is 14.5 Å². The Morgan fingerprint density at radius 2 is 1.71 bits per heavy atom. The first-order valence-corrected chi connectivity index (χ1v) is 11.5. The number of nitrogens with one attached hydrogen (secondary N) is 2. The Hall–Kier alpha value is -2.12. The van der Waals surface area contributed by atoms with Crippen LogP contribution in [0.3, 0.4) is 0 Å². The Bertz CT molecular complexity index is 683. The summed E-state index contributed by atoms with van der Waals surface area (Å²) in [6.45, 7) is 12.1. The summed E-state index contributed by atoms with van der Waals surface area (Å²) in [6.07, 6.45) is 2.13. The van der Waals surface area contributed by atoms with Crippen molar-refractivity contribution in [2.45, 2.75) is 52.6 Å². The van der Waals surface area contributed by atoms with E-state index in [-0.39, 0.29) is 23.8 Å². The first-order valence-electron chi connectivity index (χ1n) is 11.5. The van der Waals surface area contributed by atoms with Gasteiger partial charge in [-0.15, -0.1) is 0 Å². The molecule has 1 aliphatic rings. The molecule has 0 aliphatic carbocycles. The molecule has 1 aromatic carbocycles. The van der Waals surface area contributed by atoms with Crippen molar-refractivity contribution in [1.82, 2.24) is 15.5 Å². The van der Waals surface area contributed by atoms with Gasteiger partial charge < -0.3 is 20.1 Å². The van der Waals surface area contributed by atoms with Gasteiger partial charge in [-0.2, -0.15) is 0 Å². The Morgan fingerprint density at radius 1 is 1.10 bits per heavy atom. The molecule has 7 nitrogen and oxygen atoms in total. The Balaban J connectivity index is 2.02. The van der Waals surface area contributed by atoms with Gasteiger partial charge in [0, 0.05) is 31.2 Å². The summed E-state index contributed by atoms with van der Waals surface area (Å²) in [5.74, 6) is 0.759. The lowest BCUT2D eigenvalue weighted by Gasteiger charge is -2.39. The van der Waals surface area contributed by atoms with E-state index in [9.17, 15) is 9.59 Å². The quantitative estimate of drug-likeness (QED) is 0.561. The van der Waals surface area contributed by atoms with Crippen molar-refractivity contribution < 1.29 is 19.1 Å². The van der Waals surface area contributed by atoms with Crippen molar-refractivity contribution in [2.75, 3.05) is 40.0 Å². The van der Waals surface area contributed by atoms with Gasteiger partial charge in [0.05, 0.1) is 20.3 Å². The smallest absolute Gasteiger partial charge is 0.251 e. The van der Waals surface area contributed by atoms with Gasteiger partial charge in [0.15, 0.2) is 0 Å². The van der Waals surface area contributed by atoms with Crippen LogP contribution < -0.4 is 15.4 Å². The number of morpholine rings is 1. The monoisotopic (exact) mass is 433 g/mol. The fourth-order valence-electron chi connectivity index (χ4n) is 4.15. The van der Waals surface area contributed by atoms with Crippen molar-refractivity contribution in [2.24, 2.45) is 11.8 Å². The van der Waals surface area contributed by atoms with Gasteiger partial charge in [0.2, 0.25) is 5.91 Å². The van der Waals surface area contributed by atoms with Gasteiger partial charge in [-0.05, 0) is 36.1 Å². The van der Waals surface area contributed by atoms with Crippen molar-refractivity contribution in [1.29, 1.82) is 0 Å². The number of carbonyl (C=O) groups excluding carboxylic acids is 2. The molecule has 2 unspecified atom stereocenters. The number of ether oxygens (including phenoxy) is 2. The minimum absolute atomic E-state index is 0.0304. The third-order valence-corrected chi connectivity index (χ3v) is 6.18. The summed E-state index contributed by atoms with van der Waals surface area (Å²) in [5.41, 5.74) is 0.502. The Labute approximate surface area is 186 Å². The Kier molecular flexibility index (Phi) is 10.3. The fourth-order valence-corrected chi connectivity index (χ4v) is 4.15. The lowest BCUT2D eigenvalue weighted by molar-refractivity contribution is -0.124. The molecule has 0 bridgehead atoms. The second kappa shape index (κ2) is 12.7. The molecule has 1 saturated heterocycles. The molecule has 0 radical (unpaired) electrons. The number of carbonyl (C=O) groups is 2. The maximum atomic E-state index is 13.0. The maximum Gasteiger partial charge on any atom is 0.251 e. The first-order chi connectivity index (χ1) is 14.9. The van der Waals surface area contributed by atoms with Crippen LogP contribution in [0.2, 0.25) is 0 Å². The van der Waals surface area contributed by atoms with Crippen LogP contribution in [-0.2, 0) is 9.53 Å². The fraction of sp³-hybridized carbons (Fsp3) is 0.667. The van der Waals surface area contributed by atoms with E-state index in [0.29, 0.717) is 23.8 Å². The van der Waals surface area contributed by atoms with E-state index < -0.39 is 6.04 Å². The molecule has 0 saturated carbocycles. The molecule has 1 aliphatic heterocycles. The third kappa shape index (κ3) is 7.21. The third-order valence-electron chi connectivity index (χ3n) is 6.18. The van der Waals surface area contributed by atoms with Crippen molar-refractivity contribution >= 4 is 11.8 Å². The lowest BCUT2D eigenvalue weighted by atomic mass is 9.92. The summed E-state index contributed by atoms with van der Waals surface area (Å²) in [6, 6.07) is 6.55. The average Bonchev–Trinajstić information content (AvgIpc) is 2.80. The van der Waals surface area contributed by atoms with Crippen LogP contribution in [0.1, 0.15) is 50.9 Å². The van der Waals surface area contributed by atoms with Gasteiger partial charge in [0.1, 0.15) is 11.8 Å². The predicted molar refractivity (Wildman–Crippen MR) is 122 cm³/mol.